The van der Waals surface area contributed by atoms with Crippen LogP contribution < -0.4 is 10.6 Å². The summed E-state index contributed by atoms with van der Waals surface area (Å²) < 4.78 is 0. The van der Waals surface area contributed by atoms with Crippen LogP contribution >= 0.6 is 0 Å². The van der Waals surface area contributed by atoms with Crippen molar-refractivity contribution in [2.45, 2.75) is 71.1 Å². The number of aliphatic hydroxyl groups is 1. The maximum atomic E-state index is 13.6. The first-order valence-corrected chi connectivity index (χ1v) is 13.0. The van der Waals surface area contributed by atoms with E-state index >= 15 is 0 Å². The van der Waals surface area contributed by atoms with Gasteiger partial charge in [0.15, 0.2) is 0 Å². The molecule has 0 radical (unpaired) electrons. The first-order chi connectivity index (χ1) is 17.3. The Labute approximate surface area is 211 Å². The van der Waals surface area contributed by atoms with E-state index in [-0.39, 0.29) is 23.8 Å². The number of aromatic amines is 1. The highest BCUT2D eigenvalue weighted by atomic mass is 16.3. The Balaban J connectivity index is 1.33. The molecule has 3 atom stereocenters. The maximum Gasteiger partial charge on any atom is 0.250 e. The summed E-state index contributed by atoms with van der Waals surface area (Å²) in [4.78, 5) is 31.3. The number of aryl methyl sites for hydroxylation is 2. The second-order valence-electron chi connectivity index (χ2n) is 10.6. The van der Waals surface area contributed by atoms with Crippen LogP contribution in [-0.2, 0) is 9.59 Å². The van der Waals surface area contributed by atoms with Crippen molar-refractivity contribution in [3.63, 3.8) is 0 Å². The minimum Gasteiger partial charge on any atom is -0.393 e. The Morgan fingerprint density at radius 1 is 1.11 bits per heavy atom. The molecule has 3 aliphatic rings. The molecule has 2 aromatic rings. The lowest BCUT2D eigenvalue weighted by Crippen LogP contribution is -2.51. The van der Waals surface area contributed by atoms with Gasteiger partial charge in [-0.3, -0.25) is 19.7 Å². The van der Waals surface area contributed by atoms with Crippen LogP contribution in [-0.4, -0.2) is 51.5 Å². The predicted molar refractivity (Wildman–Crippen MR) is 140 cm³/mol. The Morgan fingerprint density at radius 3 is 2.33 bits per heavy atom. The van der Waals surface area contributed by atoms with E-state index in [1.54, 1.807) is 19.2 Å². The molecule has 1 aromatic carbocycles. The van der Waals surface area contributed by atoms with E-state index in [9.17, 15) is 14.7 Å². The number of aliphatic imine (C=N–C) groups is 1. The number of hydrogen-bond donors (Lipinski definition) is 4. The quantitative estimate of drug-likeness (QED) is 0.407. The van der Waals surface area contributed by atoms with Crippen LogP contribution in [0, 0.1) is 31.6 Å². The minimum absolute atomic E-state index is 0.141. The van der Waals surface area contributed by atoms with Gasteiger partial charge in [0.25, 0.3) is 0 Å². The van der Waals surface area contributed by atoms with Crippen LogP contribution in [0.2, 0.25) is 0 Å². The van der Waals surface area contributed by atoms with E-state index < -0.39 is 12.1 Å². The van der Waals surface area contributed by atoms with Gasteiger partial charge in [-0.25, -0.2) is 0 Å². The van der Waals surface area contributed by atoms with Crippen molar-refractivity contribution in [3.8, 4) is 11.1 Å². The first-order valence-electron chi connectivity index (χ1n) is 13.0. The summed E-state index contributed by atoms with van der Waals surface area (Å²) in [5.74, 6) is 0.644. The third-order valence-electron chi connectivity index (χ3n) is 7.56. The molecule has 2 unspecified atom stereocenters. The third kappa shape index (κ3) is 5.28. The fraction of sp³-hybridized carbons (Fsp3) is 0.500. The second kappa shape index (κ2) is 10.0. The summed E-state index contributed by atoms with van der Waals surface area (Å²) in [6.07, 6.45) is 7.54. The lowest BCUT2D eigenvalue weighted by atomic mass is 9.88. The van der Waals surface area contributed by atoms with Crippen molar-refractivity contribution in [3.05, 3.63) is 47.3 Å². The number of carbonyl (C=O) groups is 2. The zero-order chi connectivity index (χ0) is 25.4. The smallest absolute Gasteiger partial charge is 0.250 e. The number of aromatic nitrogens is 2. The molecular formula is C28H35N5O3. The molecule has 2 heterocycles. The fourth-order valence-corrected chi connectivity index (χ4v) is 5.53. The van der Waals surface area contributed by atoms with Crippen molar-refractivity contribution in [2.24, 2.45) is 22.7 Å². The number of aliphatic hydroxyl groups excluding tert-OH is 1. The fourth-order valence-electron chi connectivity index (χ4n) is 5.53. The van der Waals surface area contributed by atoms with Gasteiger partial charge in [-0.2, -0.15) is 5.10 Å². The average Bonchev–Trinajstić information content (AvgIpc) is 3.77. The molecule has 2 fully saturated rings. The molecular weight excluding hydrogens is 454 g/mol. The van der Waals surface area contributed by atoms with Crippen LogP contribution in [0.1, 0.15) is 50.4 Å². The number of nitrogens with zero attached hydrogens (tertiary/aromatic N) is 2. The molecule has 1 aliphatic heterocycles. The number of allylic oxidation sites excluding steroid dienone is 1. The molecule has 8 nitrogen and oxygen atoms in total. The molecule has 2 aliphatic carbocycles. The van der Waals surface area contributed by atoms with Gasteiger partial charge in [0, 0.05) is 28.7 Å². The monoisotopic (exact) mass is 489 g/mol. The molecule has 1 aromatic heterocycles. The zero-order valence-electron chi connectivity index (χ0n) is 21.1. The number of benzene rings is 1. The van der Waals surface area contributed by atoms with E-state index in [0.717, 1.165) is 48.2 Å². The number of amides is 2. The predicted octanol–water partition coefficient (Wildman–Crippen LogP) is 3.70. The van der Waals surface area contributed by atoms with Crippen molar-refractivity contribution in [1.29, 1.82) is 0 Å². The number of nitrogens with one attached hydrogen (secondary N) is 3. The van der Waals surface area contributed by atoms with Crippen LogP contribution in [0.3, 0.4) is 0 Å². The minimum atomic E-state index is -0.607. The zero-order valence-corrected chi connectivity index (χ0v) is 21.1. The van der Waals surface area contributed by atoms with Gasteiger partial charge < -0.3 is 15.7 Å². The highest BCUT2D eigenvalue weighted by Gasteiger charge is 2.48. The number of H-pyrrole nitrogens is 1. The van der Waals surface area contributed by atoms with E-state index in [1.807, 2.05) is 38.1 Å². The molecule has 2 saturated carbocycles. The molecule has 0 saturated heterocycles. The standard InChI is InChI=1S/C28H35N5O3/c1-15(34)14-23-22(12-13-29-23)27(35)31-26(25(19-4-5-19)20-6-7-20)28(36)30-21-10-8-18(9-11-21)24-16(2)32-33-17(24)3/h8-13,15,19-20,23,25-26,34H,4-7,14H2,1-3H3,(H,30,36)(H,31,35)(H,32,33)/t15?,23?,26-/m0/s1. The summed E-state index contributed by atoms with van der Waals surface area (Å²) in [6.45, 7) is 5.65. The van der Waals surface area contributed by atoms with E-state index in [0.29, 0.717) is 29.5 Å². The molecule has 4 N–H and O–H groups in total. The number of anilines is 1. The molecule has 36 heavy (non-hydrogen) atoms. The van der Waals surface area contributed by atoms with Crippen LogP contribution in [0.5, 0.6) is 0 Å². The summed E-state index contributed by atoms with van der Waals surface area (Å²) in [7, 11) is 0. The number of hydrogen-bond acceptors (Lipinski definition) is 5. The van der Waals surface area contributed by atoms with Gasteiger partial charge in [-0.1, -0.05) is 12.1 Å². The van der Waals surface area contributed by atoms with Crippen molar-refractivity contribution < 1.29 is 14.7 Å². The summed E-state index contributed by atoms with van der Waals surface area (Å²) in [6, 6.07) is 6.77. The van der Waals surface area contributed by atoms with Gasteiger partial charge in [-0.05, 0) is 94.4 Å². The van der Waals surface area contributed by atoms with Crippen LogP contribution in [0.25, 0.3) is 11.1 Å². The summed E-state index contributed by atoms with van der Waals surface area (Å²) >= 11 is 0. The molecule has 190 valence electrons. The molecule has 0 bridgehead atoms. The van der Waals surface area contributed by atoms with Gasteiger partial charge in [0.1, 0.15) is 6.04 Å². The van der Waals surface area contributed by atoms with Crippen molar-refractivity contribution >= 4 is 23.7 Å². The first kappa shape index (κ1) is 24.4. The highest BCUT2D eigenvalue weighted by Crippen LogP contribution is 2.51. The molecule has 0 spiro atoms. The van der Waals surface area contributed by atoms with Crippen molar-refractivity contribution in [2.75, 3.05) is 5.32 Å². The Morgan fingerprint density at radius 2 is 1.78 bits per heavy atom. The lowest BCUT2D eigenvalue weighted by molar-refractivity contribution is -0.126. The normalized spacial score (nSPS) is 20.8. The van der Waals surface area contributed by atoms with Gasteiger partial charge in [-0.15, -0.1) is 0 Å². The summed E-state index contributed by atoms with van der Waals surface area (Å²) in [5.41, 5.74) is 5.25. The number of carbonyl (C=O) groups excluding carboxylic acids is 2. The van der Waals surface area contributed by atoms with E-state index in [1.165, 1.54) is 0 Å². The number of rotatable bonds is 10. The third-order valence-corrected chi connectivity index (χ3v) is 7.56. The van der Waals surface area contributed by atoms with Gasteiger partial charge >= 0.3 is 0 Å². The SMILES string of the molecule is Cc1n[nH]c(C)c1-c1ccc(NC(=O)[C@@H](NC(=O)C2=CC=NC2CC(C)O)C(C2CC2)C2CC2)cc1. The molecule has 5 rings (SSSR count). The topological polar surface area (TPSA) is 119 Å². The molecule has 8 heteroatoms. The second-order valence-corrected chi connectivity index (χ2v) is 10.6. The largest absolute Gasteiger partial charge is 0.393 e. The van der Waals surface area contributed by atoms with Gasteiger partial charge in [0.2, 0.25) is 11.8 Å². The van der Waals surface area contributed by atoms with Crippen LogP contribution in [0.4, 0.5) is 5.69 Å². The Hall–Kier alpha value is -3.26. The molecule has 2 amide bonds. The van der Waals surface area contributed by atoms with Gasteiger partial charge in [0.05, 0.1) is 17.8 Å². The van der Waals surface area contributed by atoms with Crippen molar-refractivity contribution in [1.82, 2.24) is 15.5 Å². The summed E-state index contributed by atoms with van der Waals surface area (Å²) in [5, 5.41) is 23.2. The van der Waals surface area contributed by atoms with E-state index in [2.05, 4.69) is 25.8 Å². The Bertz CT molecular complexity index is 1160. The van der Waals surface area contributed by atoms with Crippen LogP contribution in [0.15, 0.2) is 40.9 Å². The maximum absolute atomic E-state index is 13.6. The lowest BCUT2D eigenvalue weighted by Gasteiger charge is -2.28. The highest BCUT2D eigenvalue weighted by molar-refractivity contribution is 6.04. The Kier molecular flexibility index (Phi) is 6.79. The van der Waals surface area contributed by atoms with E-state index in [4.69, 9.17) is 0 Å². The average molecular weight is 490 g/mol.